The number of aromatic amines is 1. The highest BCUT2D eigenvalue weighted by Gasteiger charge is 2.37. The molecule has 266 valence electrons. The third kappa shape index (κ3) is 8.01. The minimum absolute atomic E-state index is 0.203. The Labute approximate surface area is 301 Å². The summed E-state index contributed by atoms with van der Waals surface area (Å²) in [6.07, 6.45) is 3.43. The summed E-state index contributed by atoms with van der Waals surface area (Å²) < 4.78 is 6.34. The Morgan fingerprint density at radius 2 is 1.86 bits per heavy atom. The predicted molar refractivity (Wildman–Crippen MR) is 201 cm³/mol. The number of carboxylic acid groups (broad SMARTS) is 1. The van der Waals surface area contributed by atoms with Crippen molar-refractivity contribution in [2.45, 2.75) is 99.1 Å². The molecule has 1 fully saturated rings. The summed E-state index contributed by atoms with van der Waals surface area (Å²) in [6, 6.07) is 14.7. The number of piperidine rings is 1. The van der Waals surface area contributed by atoms with Crippen LogP contribution in [0.25, 0.3) is 11.1 Å². The maximum atomic E-state index is 13.1. The zero-order valence-corrected chi connectivity index (χ0v) is 31.2. The Morgan fingerprint density at radius 3 is 2.52 bits per heavy atom. The number of anilines is 2. The number of carbonyl (C=O) groups is 1. The number of pyridine rings is 1. The quantitative estimate of drug-likeness (QED) is 0.151. The summed E-state index contributed by atoms with van der Waals surface area (Å²) in [7, 11) is 0. The van der Waals surface area contributed by atoms with Crippen LogP contribution in [0.15, 0.2) is 48.7 Å². The molecule has 3 N–H and O–H groups in total. The van der Waals surface area contributed by atoms with E-state index in [0.717, 1.165) is 79.5 Å². The molecule has 0 aliphatic carbocycles. The first-order chi connectivity index (χ1) is 23.7. The number of hydrogen-bond acceptors (Lipinski definition) is 7. The Morgan fingerprint density at radius 1 is 1.10 bits per heavy atom. The number of nitrogens with one attached hydrogen (secondary N) is 2. The van der Waals surface area contributed by atoms with Gasteiger partial charge in [-0.1, -0.05) is 55.8 Å². The van der Waals surface area contributed by atoms with Crippen LogP contribution in [-0.4, -0.2) is 56.4 Å². The highest BCUT2D eigenvalue weighted by molar-refractivity contribution is 6.31. The van der Waals surface area contributed by atoms with Crippen molar-refractivity contribution < 1.29 is 14.6 Å². The molecule has 10 heteroatoms. The smallest absolute Gasteiger partial charge is 0.337 e. The lowest BCUT2D eigenvalue weighted by Gasteiger charge is -2.41. The minimum Gasteiger partial charge on any atom is -0.479 e. The lowest BCUT2D eigenvalue weighted by molar-refractivity contribution is -0.160. The molecule has 0 saturated carbocycles. The highest BCUT2D eigenvalue weighted by Crippen LogP contribution is 2.47. The van der Waals surface area contributed by atoms with Crippen molar-refractivity contribution in [1.82, 2.24) is 20.1 Å². The number of hydrogen-bond donors (Lipinski definition) is 3. The van der Waals surface area contributed by atoms with Gasteiger partial charge in [-0.25, -0.2) is 9.78 Å². The second-order valence-electron chi connectivity index (χ2n) is 15.7. The molecular formula is C40H51ClN6O3. The van der Waals surface area contributed by atoms with Crippen molar-refractivity contribution in [2.24, 2.45) is 5.41 Å². The second-order valence-corrected chi connectivity index (χ2v) is 16.1. The maximum absolute atomic E-state index is 13.1. The summed E-state index contributed by atoms with van der Waals surface area (Å²) in [5.74, 6) is -0.306. The number of carboxylic acids is 1. The zero-order chi connectivity index (χ0) is 35.8. The van der Waals surface area contributed by atoms with E-state index < -0.39 is 17.7 Å². The van der Waals surface area contributed by atoms with Crippen molar-refractivity contribution >= 4 is 29.1 Å². The van der Waals surface area contributed by atoms with Gasteiger partial charge in [0.05, 0.1) is 23.5 Å². The predicted octanol–water partition coefficient (Wildman–Crippen LogP) is 8.48. The van der Waals surface area contributed by atoms with Crippen LogP contribution in [-0.2, 0) is 35.6 Å². The first kappa shape index (κ1) is 35.9. The van der Waals surface area contributed by atoms with E-state index in [2.05, 4.69) is 70.4 Å². The fraction of sp³-hybridized carbons (Fsp3) is 0.475. The summed E-state index contributed by atoms with van der Waals surface area (Å²) in [4.78, 5) is 23.0. The summed E-state index contributed by atoms with van der Waals surface area (Å²) in [5.41, 5.74) is 9.49. The van der Waals surface area contributed by atoms with Gasteiger partial charge < -0.3 is 20.1 Å². The van der Waals surface area contributed by atoms with Crippen molar-refractivity contribution in [3.05, 3.63) is 92.9 Å². The number of benzene rings is 2. The topological polar surface area (TPSA) is 107 Å². The number of fused-ring (bicyclic) bond motifs is 1. The van der Waals surface area contributed by atoms with Crippen LogP contribution in [0.1, 0.15) is 92.8 Å². The van der Waals surface area contributed by atoms with Gasteiger partial charge in [0.15, 0.2) is 6.10 Å². The molecule has 2 aliphatic heterocycles. The van der Waals surface area contributed by atoms with Crippen molar-refractivity contribution in [2.75, 3.05) is 29.9 Å². The van der Waals surface area contributed by atoms with E-state index in [0.29, 0.717) is 23.6 Å². The number of aromatic nitrogens is 3. The standard InChI is InChI=1S/C40H51ClN6O3/c1-25-9-8-10-32(41)31(25)24-46-18-14-27-21-28(11-12-29(27)23-46)34-35(47-19-15-40(6,7)16-20-47)33(36(38(48)49)50-39(3,4)5)26(2)44-37(34)42-22-30-13-17-43-45-30/h8-13,17,21,36H,14-16,18-20,22-24H2,1-7H3,(H,42,44)(H,43,45)(H,48,49)/t36-/m0/s1. The van der Waals surface area contributed by atoms with Gasteiger partial charge in [-0.3, -0.25) is 10.00 Å². The molecule has 2 aromatic heterocycles. The van der Waals surface area contributed by atoms with Crippen LogP contribution in [0.4, 0.5) is 11.5 Å². The number of aryl methyl sites for hydroxylation is 2. The molecule has 50 heavy (non-hydrogen) atoms. The molecule has 1 atom stereocenters. The van der Waals surface area contributed by atoms with E-state index in [1.54, 1.807) is 6.20 Å². The maximum Gasteiger partial charge on any atom is 0.337 e. The largest absolute Gasteiger partial charge is 0.479 e. The Hall–Kier alpha value is -3.92. The normalized spacial score (nSPS) is 17.0. The lowest BCUT2D eigenvalue weighted by atomic mass is 9.81. The molecule has 4 heterocycles. The van der Waals surface area contributed by atoms with Crippen LogP contribution in [0.2, 0.25) is 5.02 Å². The Kier molecular flexibility index (Phi) is 10.3. The number of halogens is 1. The monoisotopic (exact) mass is 698 g/mol. The van der Waals surface area contributed by atoms with E-state index >= 15 is 0 Å². The number of H-pyrrole nitrogens is 1. The summed E-state index contributed by atoms with van der Waals surface area (Å²) in [6.45, 7) is 19.0. The fourth-order valence-electron chi connectivity index (χ4n) is 7.22. The van der Waals surface area contributed by atoms with Crippen LogP contribution in [0, 0.1) is 19.3 Å². The van der Waals surface area contributed by atoms with Gasteiger partial charge in [-0.2, -0.15) is 5.10 Å². The second kappa shape index (κ2) is 14.4. The average molecular weight is 699 g/mol. The van der Waals surface area contributed by atoms with Gasteiger partial charge in [-0.15, -0.1) is 0 Å². The molecule has 9 nitrogen and oxygen atoms in total. The molecule has 0 amide bonds. The van der Waals surface area contributed by atoms with Gasteiger partial charge in [0, 0.05) is 60.8 Å². The van der Waals surface area contributed by atoms with Crippen LogP contribution >= 0.6 is 11.6 Å². The Bertz CT molecular complexity index is 1820. The minimum atomic E-state index is -1.19. The molecule has 2 aliphatic rings. The third-order valence-electron chi connectivity index (χ3n) is 10.1. The number of rotatable bonds is 10. The summed E-state index contributed by atoms with van der Waals surface area (Å²) >= 11 is 6.61. The van der Waals surface area contributed by atoms with Crippen LogP contribution < -0.4 is 10.2 Å². The number of aliphatic carboxylic acids is 1. The Balaban J connectivity index is 1.47. The number of nitrogens with zero attached hydrogens (tertiary/aromatic N) is 4. The molecule has 0 radical (unpaired) electrons. The van der Waals surface area contributed by atoms with E-state index in [1.165, 1.54) is 22.3 Å². The third-order valence-corrected chi connectivity index (χ3v) is 10.5. The van der Waals surface area contributed by atoms with Crippen molar-refractivity contribution in [3.8, 4) is 11.1 Å². The SMILES string of the molecule is Cc1cccc(Cl)c1CN1CCc2cc(-c3c(NCc4ccn[nH]4)nc(C)c([C@H](OC(C)(C)C)C(=O)O)c3N3CCC(C)(C)CC3)ccc2C1. The van der Waals surface area contributed by atoms with Gasteiger partial charge >= 0.3 is 5.97 Å². The molecule has 0 bridgehead atoms. The van der Waals surface area contributed by atoms with E-state index in [9.17, 15) is 9.90 Å². The van der Waals surface area contributed by atoms with Gasteiger partial charge in [-0.05, 0) is 99.2 Å². The van der Waals surface area contributed by atoms with E-state index in [1.807, 2.05) is 45.9 Å². The van der Waals surface area contributed by atoms with E-state index in [-0.39, 0.29) is 5.41 Å². The van der Waals surface area contributed by atoms with Crippen molar-refractivity contribution in [1.29, 1.82) is 0 Å². The molecule has 0 spiro atoms. The molecule has 1 saturated heterocycles. The van der Waals surface area contributed by atoms with E-state index in [4.69, 9.17) is 21.3 Å². The molecule has 2 aromatic carbocycles. The zero-order valence-electron chi connectivity index (χ0n) is 30.5. The first-order valence-electron chi connectivity index (χ1n) is 17.7. The molecule has 0 unspecified atom stereocenters. The van der Waals surface area contributed by atoms with Gasteiger partial charge in [0.1, 0.15) is 5.82 Å². The number of ether oxygens (including phenoxy) is 1. The first-order valence-corrected chi connectivity index (χ1v) is 18.1. The molecule has 4 aromatic rings. The van der Waals surface area contributed by atoms with Crippen LogP contribution in [0.5, 0.6) is 0 Å². The van der Waals surface area contributed by atoms with Gasteiger partial charge in [0.2, 0.25) is 0 Å². The molecule has 6 rings (SSSR count). The highest BCUT2D eigenvalue weighted by atomic mass is 35.5. The average Bonchev–Trinajstić information content (AvgIpc) is 3.57. The summed E-state index contributed by atoms with van der Waals surface area (Å²) in [5, 5.41) is 22.3. The molecular weight excluding hydrogens is 648 g/mol. The van der Waals surface area contributed by atoms with Gasteiger partial charge in [0.25, 0.3) is 0 Å². The van der Waals surface area contributed by atoms with Crippen molar-refractivity contribution in [3.63, 3.8) is 0 Å². The fourth-order valence-corrected chi connectivity index (χ4v) is 7.50. The van der Waals surface area contributed by atoms with Crippen LogP contribution in [0.3, 0.4) is 0 Å². The lowest BCUT2D eigenvalue weighted by Crippen LogP contribution is -2.39.